The highest BCUT2D eigenvalue weighted by atomic mass is 79.9. The molecule has 0 unspecified atom stereocenters. The van der Waals surface area contributed by atoms with Crippen LogP contribution in [-0.2, 0) is 16.0 Å². The fraction of sp³-hybridized carbons (Fsp3) is 0.407. The van der Waals surface area contributed by atoms with E-state index in [4.69, 9.17) is 4.74 Å². The minimum Gasteiger partial charge on any atom is -0.507 e. The van der Waals surface area contributed by atoms with Crippen LogP contribution < -0.4 is 4.74 Å². The minimum absolute atomic E-state index is 0.0745. The van der Waals surface area contributed by atoms with Crippen LogP contribution >= 0.6 is 15.9 Å². The van der Waals surface area contributed by atoms with Crippen LogP contribution in [0.4, 0.5) is 0 Å². The molecule has 2 atom stereocenters. The van der Waals surface area contributed by atoms with Gasteiger partial charge in [0.05, 0.1) is 11.6 Å². The molecule has 4 rings (SSSR count). The van der Waals surface area contributed by atoms with Crippen molar-refractivity contribution in [2.75, 3.05) is 26.2 Å². The zero-order valence-electron chi connectivity index (χ0n) is 19.9. The number of nitrogens with zero attached hydrogens (tertiary/aromatic N) is 2. The number of carbonyl (C=O) groups is 2. The Balaban J connectivity index is 1.73. The van der Waals surface area contributed by atoms with Crippen LogP contribution in [0.1, 0.15) is 49.9 Å². The van der Waals surface area contributed by atoms with E-state index < -0.39 is 17.7 Å². The summed E-state index contributed by atoms with van der Waals surface area (Å²) in [6.07, 6.45) is 1.56. The van der Waals surface area contributed by atoms with Crippen molar-refractivity contribution in [1.82, 2.24) is 9.80 Å². The molecule has 7 heteroatoms. The van der Waals surface area contributed by atoms with E-state index in [0.717, 1.165) is 53.8 Å². The van der Waals surface area contributed by atoms with Crippen LogP contribution in [-0.4, -0.2) is 58.9 Å². The summed E-state index contributed by atoms with van der Waals surface area (Å²) in [7, 11) is 0. The number of ketones is 1. The summed E-state index contributed by atoms with van der Waals surface area (Å²) >= 11 is 3.50. The number of likely N-dealkylation sites (tertiary alicyclic amines) is 1. The summed E-state index contributed by atoms with van der Waals surface area (Å²) in [6, 6.07) is 12.4. The molecule has 2 aromatic rings. The molecule has 2 heterocycles. The average molecular weight is 527 g/mol. The molecule has 1 saturated heterocycles. The van der Waals surface area contributed by atoms with Gasteiger partial charge in [-0.1, -0.05) is 41.9 Å². The van der Waals surface area contributed by atoms with Crippen molar-refractivity contribution in [2.24, 2.45) is 0 Å². The Morgan fingerprint density at radius 1 is 1.18 bits per heavy atom. The fourth-order valence-corrected chi connectivity index (χ4v) is 5.28. The fourth-order valence-electron chi connectivity index (χ4n) is 4.86. The van der Waals surface area contributed by atoms with Gasteiger partial charge in [0.2, 0.25) is 0 Å². The molecule has 1 N–H and O–H groups in total. The number of fused-ring (bicyclic) bond motifs is 1. The molecule has 0 saturated carbocycles. The number of benzene rings is 2. The van der Waals surface area contributed by atoms with E-state index in [9.17, 15) is 14.7 Å². The molecule has 2 aliphatic rings. The van der Waals surface area contributed by atoms with Crippen molar-refractivity contribution in [1.29, 1.82) is 0 Å². The van der Waals surface area contributed by atoms with Gasteiger partial charge in [-0.3, -0.25) is 9.59 Å². The van der Waals surface area contributed by atoms with Crippen LogP contribution in [0.2, 0.25) is 0 Å². The third kappa shape index (κ3) is 4.77. The predicted molar refractivity (Wildman–Crippen MR) is 136 cm³/mol. The molecule has 0 aromatic heterocycles. The highest BCUT2D eigenvalue weighted by Gasteiger charge is 2.46. The van der Waals surface area contributed by atoms with E-state index in [0.29, 0.717) is 12.1 Å². The summed E-state index contributed by atoms with van der Waals surface area (Å²) in [4.78, 5) is 30.3. The van der Waals surface area contributed by atoms with Crippen molar-refractivity contribution >= 4 is 33.4 Å². The van der Waals surface area contributed by atoms with Crippen LogP contribution in [0.5, 0.6) is 5.75 Å². The predicted octanol–water partition coefficient (Wildman–Crippen LogP) is 4.93. The summed E-state index contributed by atoms with van der Waals surface area (Å²) in [6.45, 7) is 9.36. The molecule has 0 spiro atoms. The first-order valence-corrected chi connectivity index (χ1v) is 12.7. The van der Waals surface area contributed by atoms with Gasteiger partial charge in [-0.15, -0.1) is 0 Å². The summed E-state index contributed by atoms with van der Waals surface area (Å²) in [5.74, 6) is -0.555. The van der Waals surface area contributed by atoms with Crippen LogP contribution in [0, 0.1) is 0 Å². The van der Waals surface area contributed by atoms with Crippen molar-refractivity contribution in [3.05, 3.63) is 69.2 Å². The first-order chi connectivity index (χ1) is 16.3. The van der Waals surface area contributed by atoms with Crippen molar-refractivity contribution in [2.45, 2.75) is 45.8 Å². The van der Waals surface area contributed by atoms with E-state index in [1.807, 2.05) is 43.3 Å². The number of halogens is 1. The molecule has 34 heavy (non-hydrogen) atoms. The molecule has 0 aliphatic carbocycles. The minimum atomic E-state index is -0.643. The normalized spacial score (nSPS) is 21.3. The Hall–Kier alpha value is -2.64. The molecular formula is C27H31BrN2O4. The lowest BCUT2D eigenvalue weighted by atomic mass is 9.94. The number of aliphatic hydroxyl groups excluding tert-OH is 1. The van der Waals surface area contributed by atoms with Gasteiger partial charge >= 0.3 is 0 Å². The highest BCUT2D eigenvalue weighted by Crippen LogP contribution is 2.41. The number of rotatable bonds is 8. The molecule has 1 fully saturated rings. The first kappa shape index (κ1) is 24.5. The lowest BCUT2D eigenvalue weighted by Gasteiger charge is -2.27. The van der Waals surface area contributed by atoms with Crippen molar-refractivity contribution < 1.29 is 19.4 Å². The smallest absolute Gasteiger partial charge is 0.295 e. The van der Waals surface area contributed by atoms with Gasteiger partial charge in [-0.2, -0.15) is 0 Å². The third-order valence-electron chi connectivity index (χ3n) is 6.64. The standard InChI is InChI=1S/C27H31BrN2O4/c1-4-29(5-2)12-7-13-30-24(18-8-6-9-21(28)16-18)23(26(32)27(30)33)25(31)19-10-11-22-20(15-19)14-17(3)34-22/h6,8-11,15-17,24,31H,4-5,7,12-14H2,1-3H3/t17-,24-/m1/s1. The SMILES string of the molecule is CCN(CC)CCCN1C(=O)C(=O)C(=C(O)c2ccc3c(c2)C[C@@H](C)O3)[C@H]1c1cccc(Br)c1. The maximum absolute atomic E-state index is 13.2. The molecule has 180 valence electrons. The first-order valence-electron chi connectivity index (χ1n) is 11.9. The van der Waals surface area contributed by atoms with Crippen molar-refractivity contribution in [3.8, 4) is 5.75 Å². The number of hydrogen-bond acceptors (Lipinski definition) is 5. The second-order valence-corrected chi connectivity index (χ2v) is 9.80. The van der Waals surface area contributed by atoms with Gasteiger partial charge in [-0.25, -0.2) is 0 Å². The summed E-state index contributed by atoms with van der Waals surface area (Å²) in [5.41, 5.74) is 2.44. The maximum atomic E-state index is 13.2. The Labute approximate surface area is 209 Å². The Morgan fingerprint density at radius 3 is 2.65 bits per heavy atom. The Kier molecular flexibility index (Phi) is 7.43. The van der Waals surface area contributed by atoms with Gasteiger partial charge < -0.3 is 19.6 Å². The highest BCUT2D eigenvalue weighted by molar-refractivity contribution is 9.10. The van der Waals surface area contributed by atoms with Gasteiger partial charge in [0.15, 0.2) is 0 Å². The molecule has 0 bridgehead atoms. The average Bonchev–Trinajstić information content (AvgIpc) is 3.32. The molecule has 2 aliphatic heterocycles. The van der Waals surface area contributed by atoms with Gasteiger partial charge in [0.1, 0.15) is 17.6 Å². The zero-order valence-corrected chi connectivity index (χ0v) is 21.5. The van der Waals surface area contributed by atoms with Gasteiger partial charge in [-0.05, 0) is 74.4 Å². The van der Waals surface area contributed by atoms with E-state index in [1.54, 1.807) is 11.0 Å². The summed E-state index contributed by atoms with van der Waals surface area (Å²) < 4.78 is 6.62. The van der Waals surface area contributed by atoms with E-state index in [2.05, 4.69) is 34.7 Å². The molecule has 1 amide bonds. The topological polar surface area (TPSA) is 70.1 Å². The van der Waals surface area contributed by atoms with E-state index in [-0.39, 0.29) is 17.4 Å². The number of carbonyl (C=O) groups excluding carboxylic acids is 2. The maximum Gasteiger partial charge on any atom is 0.295 e. The molecule has 0 radical (unpaired) electrons. The Bertz CT molecular complexity index is 1130. The number of amides is 1. The van der Waals surface area contributed by atoms with Crippen molar-refractivity contribution in [3.63, 3.8) is 0 Å². The van der Waals surface area contributed by atoms with Gasteiger partial charge in [0, 0.05) is 23.0 Å². The second-order valence-electron chi connectivity index (χ2n) is 8.88. The lowest BCUT2D eigenvalue weighted by molar-refractivity contribution is -0.140. The van der Waals surface area contributed by atoms with Crippen LogP contribution in [0.25, 0.3) is 5.76 Å². The quantitative estimate of drug-likeness (QED) is 0.300. The van der Waals surface area contributed by atoms with E-state index in [1.165, 1.54) is 0 Å². The third-order valence-corrected chi connectivity index (χ3v) is 7.13. The molecular weight excluding hydrogens is 496 g/mol. The monoisotopic (exact) mass is 526 g/mol. The zero-order chi connectivity index (χ0) is 24.4. The van der Waals surface area contributed by atoms with E-state index >= 15 is 0 Å². The largest absolute Gasteiger partial charge is 0.507 e. The Morgan fingerprint density at radius 2 is 1.94 bits per heavy atom. The number of aliphatic hydroxyl groups is 1. The second kappa shape index (κ2) is 10.3. The lowest BCUT2D eigenvalue weighted by Crippen LogP contribution is -2.33. The molecule has 2 aromatic carbocycles. The summed E-state index contributed by atoms with van der Waals surface area (Å²) in [5, 5.41) is 11.3. The number of Topliss-reactive ketones (excluding diaryl/α,β-unsaturated/α-hetero) is 1. The van der Waals surface area contributed by atoms with Crippen LogP contribution in [0.3, 0.4) is 0 Å². The van der Waals surface area contributed by atoms with Gasteiger partial charge in [0.25, 0.3) is 11.7 Å². The number of ether oxygens (including phenoxy) is 1. The van der Waals surface area contributed by atoms with Crippen LogP contribution in [0.15, 0.2) is 52.5 Å². The molecule has 6 nitrogen and oxygen atoms in total. The number of hydrogen-bond donors (Lipinski definition) is 1.